The molecule has 0 spiro atoms. The Kier molecular flexibility index (Phi) is 5.44. The number of hydrogen-bond acceptors (Lipinski definition) is 4. The molecule has 3 heterocycles. The SMILES string of the molecule is CCOC(=O)C1CCN(C(c2cccnc2)c2c(C)[nH]c3ccccc23)CC1. The Morgan fingerprint density at radius 3 is 2.75 bits per heavy atom. The van der Waals surface area contributed by atoms with Gasteiger partial charge in [0, 0.05) is 34.6 Å². The number of aromatic nitrogens is 2. The number of esters is 1. The molecule has 28 heavy (non-hydrogen) atoms. The molecule has 3 aromatic rings. The zero-order chi connectivity index (χ0) is 19.5. The van der Waals surface area contributed by atoms with Crippen molar-refractivity contribution in [3.63, 3.8) is 0 Å². The second kappa shape index (κ2) is 8.15. The summed E-state index contributed by atoms with van der Waals surface area (Å²) in [6, 6.07) is 12.7. The van der Waals surface area contributed by atoms with Gasteiger partial charge in [-0.05, 0) is 57.5 Å². The summed E-state index contributed by atoms with van der Waals surface area (Å²) in [5.41, 5.74) is 4.83. The van der Waals surface area contributed by atoms with Gasteiger partial charge in [0.15, 0.2) is 0 Å². The molecule has 1 saturated heterocycles. The number of likely N-dealkylation sites (tertiary alicyclic amines) is 1. The van der Waals surface area contributed by atoms with Gasteiger partial charge in [0.05, 0.1) is 18.6 Å². The molecule has 1 fully saturated rings. The molecule has 1 aliphatic rings. The Labute approximate surface area is 165 Å². The predicted molar refractivity (Wildman–Crippen MR) is 110 cm³/mol. The van der Waals surface area contributed by atoms with Crippen LogP contribution in [0.1, 0.15) is 42.6 Å². The van der Waals surface area contributed by atoms with E-state index in [-0.39, 0.29) is 17.9 Å². The second-order valence-electron chi connectivity index (χ2n) is 7.46. The average molecular weight is 377 g/mol. The minimum Gasteiger partial charge on any atom is -0.466 e. The normalized spacial score (nSPS) is 16.9. The molecule has 1 N–H and O–H groups in total. The number of pyridine rings is 1. The monoisotopic (exact) mass is 377 g/mol. The first-order chi connectivity index (χ1) is 13.7. The fourth-order valence-electron chi connectivity index (χ4n) is 4.40. The van der Waals surface area contributed by atoms with E-state index < -0.39 is 0 Å². The van der Waals surface area contributed by atoms with Crippen LogP contribution >= 0.6 is 0 Å². The number of hydrogen-bond donors (Lipinski definition) is 1. The Balaban J connectivity index is 1.68. The van der Waals surface area contributed by atoms with Gasteiger partial charge in [0.2, 0.25) is 0 Å². The van der Waals surface area contributed by atoms with E-state index in [1.165, 1.54) is 22.2 Å². The lowest BCUT2D eigenvalue weighted by atomic mass is 9.90. The van der Waals surface area contributed by atoms with Crippen molar-refractivity contribution in [2.45, 2.75) is 32.7 Å². The van der Waals surface area contributed by atoms with Crippen LogP contribution < -0.4 is 0 Å². The molecule has 4 rings (SSSR count). The first-order valence-corrected chi connectivity index (χ1v) is 10.1. The predicted octanol–water partition coefficient (Wildman–Crippen LogP) is 4.24. The molecule has 0 bridgehead atoms. The molecule has 5 heteroatoms. The van der Waals surface area contributed by atoms with Crippen LogP contribution in [-0.2, 0) is 9.53 Å². The maximum absolute atomic E-state index is 12.1. The summed E-state index contributed by atoms with van der Waals surface area (Å²) < 4.78 is 5.24. The van der Waals surface area contributed by atoms with Crippen molar-refractivity contribution in [2.24, 2.45) is 5.92 Å². The molecule has 1 unspecified atom stereocenters. The molecule has 0 amide bonds. The van der Waals surface area contributed by atoms with Gasteiger partial charge in [-0.1, -0.05) is 24.3 Å². The number of nitrogens with zero attached hydrogens (tertiary/aromatic N) is 2. The molecule has 1 aromatic carbocycles. The largest absolute Gasteiger partial charge is 0.466 e. The van der Waals surface area contributed by atoms with Crippen molar-refractivity contribution < 1.29 is 9.53 Å². The second-order valence-corrected chi connectivity index (χ2v) is 7.46. The smallest absolute Gasteiger partial charge is 0.309 e. The highest BCUT2D eigenvalue weighted by Gasteiger charge is 2.32. The third kappa shape index (κ3) is 3.54. The zero-order valence-electron chi connectivity index (χ0n) is 16.5. The topological polar surface area (TPSA) is 58.2 Å². The van der Waals surface area contributed by atoms with Crippen LogP contribution in [0.15, 0.2) is 48.8 Å². The van der Waals surface area contributed by atoms with Crippen molar-refractivity contribution in [1.29, 1.82) is 0 Å². The number of benzene rings is 1. The molecule has 146 valence electrons. The number of ether oxygens (including phenoxy) is 1. The first-order valence-electron chi connectivity index (χ1n) is 10.1. The molecule has 1 atom stereocenters. The van der Waals surface area contributed by atoms with Crippen LogP contribution in [0.4, 0.5) is 0 Å². The fraction of sp³-hybridized carbons (Fsp3) is 0.391. The maximum Gasteiger partial charge on any atom is 0.309 e. The number of rotatable bonds is 5. The van der Waals surface area contributed by atoms with Crippen molar-refractivity contribution >= 4 is 16.9 Å². The lowest BCUT2D eigenvalue weighted by Gasteiger charge is -2.37. The van der Waals surface area contributed by atoms with E-state index in [4.69, 9.17) is 4.74 Å². The van der Waals surface area contributed by atoms with E-state index in [0.29, 0.717) is 6.61 Å². The molecular weight excluding hydrogens is 350 g/mol. The number of aromatic amines is 1. The number of piperidine rings is 1. The van der Waals surface area contributed by atoms with Crippen molar-refractivity contribution in [3.8, 4) is 0 Å². The minimum atomic E-state index is -0.0525. The Bertz CT molecular complexity index is 943. The summed E-state index contributed by atoms with van der Waals surface area (Å²) in [5, 5.41) is 1.25. The van der Waals surface area contributed by atoms with Gasteiger partial charge in [-0.25, -0.2) is 0 Å². The summed E-state index contributed by atoms with van der Waals surface area (Å²) in [4.78, 5) is 22.5. The van der Waals surface area contributed by atoms with Gasteiger partial charge in [0.1, 0.15) is 0 Å². The Hall–Kier alpha value is -2.66. The lowest BCUT2D eigenvalue weighted by molar-refractivity contribution is -0.149. The van der Waals surface area contributed by atoms with Crippen LogP contribution in [-0.4, -0.2) is 40.5 Å². The van der Waals surface area contributed by atoms with E-state index in [9.17, 15) is 4.79 Å². The summed E-state index contributed by atoms with van der Waals surface area (Å²) in [6.45, 7) is 6.19. The van der Waals surface area contributed by atoms with Gasteiger partial charge < -0.3 is 9.72 Å². The lowest BCUT2D eigenvalue weighted by Crippen LogP contribution is -2.39. The van der Waals surface area contributed by atoms with Crippen LogP contribution in [0, 0.1) is 12.8 Å². The highest BCUT2D eigenvalue weighted by Crippen LogP contribution is 2.38. The number of nitrogens with one attached hydrogen (secondary N) is 1. The molecule has 1 aliphatic heterocycles. The first kappa shape index (κ1) is 18.7. The quantitative estimate of drug-likeness (QED) is 0.676. The van der Waals surface area contributed by atoms with E-state index in [1.54, 1.807) is 0 Å². The number of carbonyl (C=O) groups is 1. The van der Waals surface area contributed by atoms with E-state index in [2.05, 4.69) is 52.1 Å². The molecule has 5 nitrogen and oxygen atoms in total. The Morgan fingerprint density at radius 2 is 2.04 bits per heavy atom. The van der Waals surface area contributed by atoms with Gasteiger partial charge in [0.25, 0.3) is 0 Å². The Morgan fingerprint density at radius 1 is 1.25 bits per heavy atom. The van der Waals surface area contributed by atoms with Gasteiger partial charge >= 0.3 is 5.97 Å². The number of para-hydroxylation sites is 1. The van der Waals surface area contributed by atoms with E-state index in [1.807, 2.05) is 25.4 Å². The maximum atomic E-state index is 12.1. The van der Waals surface area contributed by atoms with Crippen molar-refractivity contribution in [1.82, 2.24) is 14.9 Å². The van der Waals surface area contributed by atoms with Crippen LogP contribution in [0.2, 0.25) is 0 Å². The third-order valence-electron chi connectivity index (χ3n) is 5.73. The minimum absolute atomic E-state index is 0.00909. The summed E-state index contributed by atoms with van der Waals surface area (Å²) in [7, 11) is 0. The number of carbonyl (C=O) groups excluding carboxylic acids is 1. The number of aryl methyl sites for hydroxylation is 1. The molecule has 0 radical (unpaired) electrons. The number of H-pyrrole nitrogens is 1. The average Bonchev–Trinajstić information content (AvgIpc) is 3.06. The summed E-state index contributed by atoms with van der Waals surface area (Å²) >= 11 is 0. The van der Waals surface area contributed by atoms with E-state index in [0.717, 1.165) is 31.4 Å². The van der Waals surface area contributed by atoms with Crippen LogP contribution in [0.3, 0.4) is 0 Å². The molecule has 0 aliphatic carbocycles. The van der Waals surface area contributed by atoms with Gasteiger partial charge in [-0.3, -0.25) is 14.7 Å². The summed E-state index contributed by atoms with van der Waals surface area (Å²) in [5.74, 6) is -0.0434. The summed E-state index contributed by atoms with van der Waals surface area (Å²) in [6.07, 6.45) is 5.44. The van der Waals surface area contributed by atoms with E-state index >= 15 is 0 Å². The van der Waals surface area contributed by atoms with Crippen molar-refractivity contribution in [3.05, 3.63) is 65.6 Å². The standard InChI is InChI=1S/C23H27N3O2/c1-3-28-23(27)17-10-13-26(14-11-17)22(18-7-6-12-24-15-18)21-16(2)25-20-9-5-4-8-19(20)21/h4-9,12,15,17,22,25H,3,10-11,13-14H2,1-2H3. The molecular formula is C23H27N3O2. The molecule has 0 saturated carbocycles. The number of fused-ring (bicyclic) bond motifs is 1. The van der Waals surface area contributed by atoms with Crippen LogP contribution in [0.25, 0.3) is 10.9 Å². The van der Waals surface area contributed by atoms with Crippen LogP contribution in [0.5, 0.6) is 0 Å². The van der Waals surface area contributed by atoms with Gasteiger partial charge in [-0.2, -0.15) is 0 Å². The van der Waals surface area contributed by atoms with Crippen molar-refractivity contribution in [2.75, 3.05) is 19.7 Å². The fourth-order valence-corrected chi connectivity index (χ4v) is 4.40. The van der Waals surface area contributed by atoms with Gasteiger partial charge in [-0.15, -0.1) is 0 Å². The zero-order valence-corrected chi connectivity index (χ0v) is 16.5. The highest BCUT2D eigenvalue weighted by atomic mass is 16.5. The third-order valence-corrected chi connectivity index (χ3v) is 5.73. The molecule has 2 aromatic heterocycles. The highest BCUT2D eigenvalue weighted by molar-refractivity contribution is 5.85.